The maximum atomic E-state index is 11.8. The molecule has 0 radical (unpaired) electrons. The fraction of sp³-hybridized carbons (Fsp3) is 0.458. The summed E-state index contributed by atoms with van der Waals surface area (Å²) >= 11 is 11.3. The molecule has 0 saturated carbocycles. The summed E-state index contributed by atoms with van der Waals surface area (Å²) in [5.74, 6) is 0.857. The highest BCUT2D eigenvalue weighted by atomic mass is 127. The molecule has 4 nitrogen and oxygen atoms in total. The molecule has 3 rings (SSSR count). The van der Waals surface area contributed by atoms with E-state index in [1.807, 2.05) is 31.2 Å². The molecule has 5 unspecified atom stereocenters. The van der Waals surface area contributed by atoms with Crippen molar-refractivity contribution in [3.63, 3.8) is 0 Å². The van der Waals surface area contributed by atoms with Crippen LogP contribution in [0.2, 0.25) is 5.02 Å². The number of carbonyl (C=O) groups excluding carboxylic acids is 1. The summed E-state index contributed by atoms with van der Waals surface area (Å²) in [4.78, 5) is 11.8. The summed E-state index contributed by atoms with van der Waals surface area (Å²) in [6.07, 6.45) is 0.138. The van der Waals surface area contributed by atoms with Gasteiger partial charge in [-0.3, -0.25) is 4.79 Å². The van der Waals surface area contributed by atoms with E-state index in [0.29, 0.717) is 18.1 Å². The Kier molecular flexibility index (Phi) is 9.31. The number of alkyl halides is 2. The van der Waals surface area contributed by atoms with Crippen molar-refractivity contribution in [2.75, 3.05) is 11.0 Å². The van der Waals surface area contributed by atoms with Crippen LogP contribution in [0.1, 0.15) is 43.6 Å². The zero-order valence-electron chi connectivity index (χ0n) is 17.8. The average Bonchev–Trinajstić information content (AvgIpc) is 2.75. The van der Waals surface area contributed by atoms with E-state index in [2.05, 4.69) is 70.3 Å². The lowest BCUT2D eigenvalue weighted by Gasteiger charge is -2.43. The minimum absolute atomic E-state index is 0.101. The fourth-order valence-corrected chi connectivity index (χ4v) is 6.00. The number of benzene rings is 2. The van der Waals surface area contributed by atoms with Gasteiger partial charge in [-0.2, -0.15) is 0 Å². The summed E-state index contributed by atoms with van der Waals surface area (Å²) in [6, 6.07) is 14.0. The Labute approximate surface area is 216 Å². The lowest BCUT2D eigenvalue weighted by atomic mass is 9.88. The van der Waals surface area contributed by atoms with Crippen LogP contribution in [-0.2, 0) is 20.7 Å². The van der Waals surface area contributed by atoms with Crippen molar-refractivity contribution >= 4 is 62.8 Å². The SMILES string of the molecule is CCOc1ccc(Cc2cc(C3OC(CI)C(C)C(I)C3OC(C)=O)ccc2Cl)cc1. The second kappa shape index (κ2) is 11.5. The van der Waals surface area contributed by atoms with Gasteiger partial charge in [0.05, 0.1) is 16.6 Å². The number of hydrogen-bond acceptors (Lipinski definition) is 4. The molecule has 0 spiro atoms. The quantitative estimate of drug-likeness (QED) is 0.190. The van der Waals surface area contributed by atoms with Crippen LogP contribution >= 0.6 is 56.8 Å². The minimum Gasteiger partial charge on any atom is -0.494 e. The zero-order valence-corrected chi connectivity index (χ0v) is 22.9. The third-order valence-corrected chi connectivity index (χ3v) is 8.58. The van der Waals surface area contributed by atoms with Gasteiger partial charge >= 0.3 is 5.97 Å². The molecule has 0 N–H and O–H groups in total. The zero-order chi connectivity index (χ0) is 22.5. The Morgan fingerprint density at radius 3 is 2.52 bits per heavy atom. The van der Waals surface area contributed by atoms with Crippen LogP contribution in [0.15, 0.2) is 42.5 Å². The molecule has 0 bridgehead atoms. The van der Waals surface area contributed by atoms with Gasteiger partial charge in [0, 0.05) is 16.4 Å². The highest BCUT2D eigenvalue weighted by molar-refractivity contribution is 14.1. The molecule has 1 aliphatic heterocycles. The van der Waals surface area contributed by atoms with Gasteiger partial charge in [0.1, 0.15) is 18.0 Å². The third-order valence-electron chi connectivity index (χ3n) is 5.50. The van der Waals surface area contributed by atoms with E-state index in [9.17, 15) is 4.79 Å². The fourth-order valence-electron chi connectivity index (χ4n) is 3.82. The molecule has 168 valence electrons. The molecule has 2 aromatic rings. The van der Waals surface area contributed by atoms with Crippen LogP contribution in [0.5, 0.6) is 5.75 Å². The van der Waals surface area contributed by atoms with Crippen molar-refractivity contribution < 1.29 is 19.0 Å². The Morgan fingerprint density at radius 1 is 1.19 bits per heavy atom. The van der Waals surface area contributed by atoms with Gasteiger partial charge in [-0.1, -0.05) is 88.0 Å². The van der Waals surface area contributed by atoms with Gasteiger partial charge in [0.15, 0.2) is 0 Å². The van der Waals surface area contributed by atoms with E-state index in [-0.39, 0.29) is 34.1 Å². The summed E-state index contributed by atoms with van der Waals surface area (Å²) in [6.45, 7) is 6.23. The normalized spacial score (nSPS) is 25.8. The summed E-state index contributed by atoms with van der Waals surface area (Å²) < 4.78 is 18.8. The molecule has 0 amide bonds. The first-order valence-corrected chi connectivity index (χ1v) is 13.5. The van der Waals surface area contributed by atoms with Crippen molar-refractivity contribution in [2.45, 2.75) is 49.4 Å². The van der Waals surface area contributed by atoms with Gasteiger partial charge in [-0.15, -0.1) is 0 Å². The summed E-state index contributed by atoms with van der Waals surface area (Å²) in [5.41, 5.74) is 3.15. The van der Waals surface area contributed by atoms with Crippen LogP contribution in [0, 0.1) is 5.92 Å². The highest BCUT2D eigenvalue weighted by Crippen LogP contribution is 2.42. The first-order valence-electron chi connectivity index (χ1n) is 10.4. The highest BCUT2D eigenvalue weighted by Gasteiger charge is 2.44. The molecule has 1 aliphatic rings. The van der Waals surface area contributed by atoms with E-state index >= 15 is 0 Å². The van der Waals surface area contributed by atoms with E-state index in [4.69, 9.17) is 25.8 Å². The second-order valence-corrected chi connectivity index (χ2v) is 10.5. The molecular weight excluding hydrogens is 642 g/mol. The van der Waals surface area contributed by atoms with Gasteiger partial charge in [0.25, 0.3) is 0 Å². The van der Waals surface area contributed by atoms with Crippen molar-refractivity contribution in [3.05, 3.63) is 64.2 Å². The summed E-state index contributed by atoms with van der Waals surface area (Å²) in [5, 5.41) is 0.710. The molecule has 1 fully saturated rings. The lowest BCUT2D eigenvalue weighted by molar-refractivity contribution is -0.173. The van der Waals surface area contributed by atoms with E-state index in [0.717, 1.165) is 26.9 Å². The Hall–Kier alpha value is -0.580. The van der Waals surface area contributed by atoms with E-state index in [1.165, 1.54) is 6.92 Å². The predicted octanol–water partition coefficient (Wildman–Crippen LogP) is 6.58. The van der Waals surface area contributed by atoms with E-state index < -0.39 is 0 Å². The first kappa shape index (κ1) is 25.1. The minimum atomic E-state index is -0.341. The van der Waals surface area contributed by atoms with Crippen LogP contribution < -0.4 is 4.74 Å². The van der Waals surface area contributed by atoms with Crippen molar-refractivity contribution in [3.8, 4) is 5.75 Å². The molecule has 31 heavy (non-hydrogen) atoms. The van der Waals surface area contributed by atoms with Gasteiger partial charge in [-0.25, -0.2) is 0 Å². The molecular formula is C24H27ClI2O4. The smallest absolute Gasteiger partial charge is 0.303 e. The number of esters is 1. The maximum Gasteiger partial charge on any atom is 0.303 e. The first-order chi connectivity index (χ1) is 14.8. The monoisotopic (exact) mass is 668 g/mol. The van der Waals surface area contributed by atoms with Gasteiger partial charge < -0.3 is 14.2 Å². The predicted molar refractivity (Wildman–Crippen MR) is 141 cm³/mol. The molecule has 2 aromatic carbocycles. The number of halogens is 3. The van der Waals surface area contributed by atoms with Crippen molar-refractivity contribution in [1.29, 1.82) is 0 Å². The van der Waals surface area contributed by atoms with Crippen molar-refractivity contribution in [1.82, 2.24) is 0 Å². The van der Waals surface area contributed by atoms with Gasteiger partial charge in [-0.05, 0) is 54.2 Å². The Bertz CT molecular complexity index is 890. The van der Waals surface area contributed by atoms with Crippen molar-refractivity contribution in [2.24, 2.45) is 5.92 Å². The summed E-state index contributed by atoms with van der Waals surface area (Å²) in [7, 11) is 0. The standard InChI is InChI=1S/C24H27ClI2O4/c1-4-29-19-8-5-16(6-9-19)11-18-12-17(7-10-20(18)25)23-24(30-15(3)28)22(27)14(2)21(13-26)31-23/h5-10,12,14,21-24H,4,11,13H2,1-3H3. The lowest BCUT2D eigenvalue weighted by Crippen LogP contribution is -2.49. The van der Waals surface area contributed by atoms with Crippen LogP contribution in [0.25, 0.3) is 0 Å². The molecule has 1 saturated heterocycles. The van der Waals surface area contributed by atoms with Crippen LogP contribution in [0.4, 0.5) is 0 Å². The molecule has 1 heterocycles. The number of rotatable bonds is 7. The maximum absolute atomic E-state index is 11.8. The average molecular weight is 669 g/mol. The molecule has 0 aromatic heterocycles. The largest absolute Gasteiger partial charge is 0.494 e. The molecule has 0 aliphatic carbocycles. The van der Waals surface area contributed by atoms with Crippen LogP contribution in [-0.4, -0.2) is 33.1 Å². The molecule has 7 heteroatoms. The van der Waals surface area contributed by atoms with E-state index in [1.54, 1.807) is 0 Å². The Morgan fingerprint density at radius 2 is 1.90 bits per heavy atom. The van der Waals surface area contributed by atoms with Gasteiger partial charge in [0.2, 0.25) is 0 Å². The Balaban J connectivity index is 1.89. The second-order valence-electron chi connectivity index (χ2n) is 7.73. The molecule has 5 atom stereocenters. The van der Waals surface area contributed by atoms with Crippen LogP contribution in [0.3, 0.4) is 0 Å². The topological polar surface area (TPSA) is 44.8 Å². The number of ether oxygens (including phenoxy) is 3. The number of carbonyl (C=O) groups is 1. The third kappa shape index (κ3) is 6.26. The number of hydrogen-bond donors (Lipinski definition) is 0.